The maximum absolute atomic E-state index is 12.8. The Morgan fingerprint density at radius 1 is 1.11 bits per heavy atom. The quantitative estimate of drug-likeness (QED) is 0.322. The molecule has 0 saturated carbocycles. The normalized spacial score (nSPS) is 12.9. The monoisotopic (exact) mass is 405 g/mol. The van der Waals surface area contributed by atoms with Gasteiger partial charge in [0.15, 0.2) is 5.78 Å². The second-order valence-corrected chi connectivity index (χ2v) is 8.31. The second kappa shape index (κ2) is 15.3. The SMILES string of the molecule is CCCCCCCC(=O)NC(CCSC)C(=O)CC(C=O)Cc1ccccc1. The van der Waals surface area contributed by atoms with E-state index in [1.807, 2.05) is 36.6 Å². The lowest BCUT2D eigenvalue weighted by atomic mass is 9.92. The van der Waals surface area contributed by atoms with Crippen LogP contribution in [0.25, 0.3) is 0 Å². The van der Waals surface area contributed by atoms with Gasteiger partial charge in [-0.05, 0) is 36.8 Å². The van der Waals surface area contributed by atoms with Gasteiger partial charge < -0.3 is 10.1 Å². The molecule has 0 aliphatic heterocycles. The number of aldehydes is 1. The van der Waals surface area contributed by atoms with Gasteiger partial charge in [0.05, 0.1) is 6.04 Å². The average molecular weight is 406 g/mol. The molecule has 2 atom stereocenters. The summed E-state index contributed by atoms with van der Waals surface area (Å²) in [6.45, 7) is 2.17. The molecule has 0 heterocycles. The van der Waals surface area contributed by atoms with Crippen molar-refractivity contribution in [3.63, 3.8) is 0 Å². The van der Waals surface area contributed by atoms with E-state index in [-0.39, 0.29) is 24.0 Å². The predicted octanol–water partition coefficient (Wildman–Crippen LogP) is 4.60. The van der Waals surface area contributed by atoms with Gasteiger partial charge in [-0.15, -0.1) is 0 Å². The van der Waals surface area contributed by atoms with Crippen LogP contribution in [0.2, 0.25) is 0 Å². The number of thioether (sulfide) groups is 1. The van der Waals surface area contributed by atoms with E-state index in [1.165, 1.54) is 12.8 Å². The maximum Gasteiger partial charge on any atom is 0.220 e. The topological polar surface area (TPSA) is 63.2 Å². The molecule has 4 nitrogen and oxygen atoms in total. The predicted molar refractivity (Wildman–Crippen MR) is 118 cm³/mol. The summed E-state index contributed by atoms with van der Waals surface area (Å²) in [5, 5.41) is 2.92. The van der Waals surface area contributed by atoms with Crippen molar-refractivity contribution in [1.29, 1.82) is 0 Å². The molecule has 1 rings (SSSR count). The minimum absolute atomic E-state index is 0.0404. The van der Waals surface area contributed by atoms with E-state index in [1.54, 1.807) is 11.8 Å². The largest absolute Gasteiger partial charge is 0.346 e. The Bertz CT molecular complexity index is 576. The standard InChI is InChI=1S/C23H35NO3S/c1-3-4-5-6-10-13-23(27)24-21(14-15-28-2)22(26)17-20(18-25)16-19-11-8-7-9-12-19/h7-9,11-12,18,20-21H,3-6,10,13-17H2,1-2H3,(H,24,27). The van der Waals surface area contributed by atoms with Crippen LogP contribution in [0.1, 0.15) is 63.9 Å². The summed E-state index contributed by atoms with van der Waals surface area (Å²) in [5.41, 5.74) is 1.05. The summed E-state index contributed by atoms with van der Waals surface area (Å²) in [7, 11) is 0. The van der Waals surface area contributed by atoms with Crippen molar-refractivity contribution in [3.8, 4) is 0 Å². The van der Waals surface area contributed by atoms with E-state index in [0.717, 1.165) is 36.9 Å². The van der Waals surface area contributed by atoms with Crippen LogP contribution < -0.4 is 5.32 Å². The molecular weight excluding hydrogens is 370 g/mol. The fourth-order valence-corrected chi connectivity index (χ4v) is 3.66. The molecular formula is C23H35NO3S. The van der Waals surface area contributed by atoms with Crippen LogP contribution in [0.4, 0.5) is 0 Å². The average Bonchev–Trinajstić information content (AvgIpc) is 2.71. The van der Waals surface area contributed by atoms with Crippen LogP contribution in [0, 0.1) is 5.92 Å². The summed E-state index contributed by atoms with van der Waals surface area (Å²) >= 11 is 1.66. The van der Waals surface area contributed by atoms with E-state index in [9.17, 15) is 14.4 Å². The van der Waals surface area contributed by atoms with Crippen LogP contribution in [-0.4, -0.2) is 36.0 Å². The summed E-state index contributed by atoms with van der Waals surface area (Å²) in [6, 6.07) is 9.23. The van der Waals surface area contributed by atoms with Gasteiger partial charge in [-0.25, -0.2) is 0 Å². The smallest absolute Gasteiger partial charge is 0.220 e. The lowest BCUT2D eigenvalue weighted by molar-refractivity contribution is -0.129. The highest BCUT2D eigenvalue weighted by Gasteiger charge is 2.23. The van der Waals surface area contributed by atoms with Crippen LogP contribution in [0.15, 0.2) is 30.3 Å². The Morgan fingerprint density at radius 3 is 2.46 bits per heavy atom. The van der Waals surface area contributed by atoms with Crippen LogP contribution in [0.5, 0.6) is 0 Å². The lowest BCUT2D eigenvalue weighted by Gasteiger charge is -2.19. The third kappa shape index (κ3) is 10.6. The van der Waals surface area contributed by atoms with Crippen molar-refractivity contribution in [1.82, 2.24) is 5.32 Å². The first-order chi connectivity index (χ1) is 13.6. The molecule has 2 unspecified atom stereocenters. The summed E-state index contributed by atoms with van der Waals surface area (Å²) < 4.78 is 0. The number of ketones is 1. The Morgan fingerprint density at radius 2 is 1.82 bits per heavy atom. The highest BCUT2D eigenvalue weighted by atomic mass is 32.2. The van der Waals surface area contributed by atoms with Crippen molar-refractivity contribution in [3.05, 3.63) is 35.9 Å². The molecule has 0 saturated heterocycles. The summed E-state index contributed by atoms with van der Waals surface area (Å²) in [6.07, 6.45) is 10.1. The summed E-state index contributed by atoms with van der Waals surface area (Å²) in [5.74, 6) is 0.359. The van der Waals surface area contributed by atoms with Gasteiger partial charge in [0, 0.05) is 18.8 Å². The number of hydrogen-bond acceptors (Lipinski definition) is 4. The zero-order valence-electron chi connectivity index (χ0n) is 17.3. The number of carbonyl (C=O) groups excluding carboxylic acids is 3. The molecule has 1 N–H and O–H groups in total. The fourth-order valence-electron chi connectivity index (χ4n) is 3.19. The molecule has 0 spiro atoms. The number of unbranched alkanes of at least 4 members (excludes halogenated alkanes) is 4. The molecule has 5 heteroatoms. The van der Waals surface area contributed by atoms with Gasteiger partial charge in [-0.1, -0.05) is 62.9 Å². The zero-order valence-corrected chi connectivity index (χ0v) is 18.1. The van der Waals surface area contributed by atoms with Gasteiger partial charge in [0.1, 0.15) is 6.29 Å². The molecule has 0 bridgehead atoms. The molecule has 0 aliphatic rings. The number of amides is 1. The van der Waals surface area contributed by atoms with Crippen molar-refractivity contribution in [2.75, 3.05) is 12.0 Å². The lowest BCUT2D eigenvalue weighted by Crippen LogP contribution is -2.42. The van der Waals surface area contributed by atoms with Crippen molar-refractivity contribution >= 4 is 29.7 Å². The van der Waals surface area contributed by atoms with Crippen LogP contribution in [-0.2, 0) is 20.8 Å². The number of hydrogen-bond donors (Lipinski definition) is 1. The van der Waals surface area contributed by atoms with Crippen molar-refractivity contribution < 1.29 is 14.4 Å². The second-order valence-electron chi connectivity index (χ2n) is 7.32. The van der Waals surface area contributed by atoms with Crippen molar-refractivity contribution in [2.24, 2.45) is 5.92 Å². The molecule has 156 valence electrons. The molecule has 28 heavy (non-hydrogen) atoms. The third-order valence-electron chi connectivity index (χ3n) is 4.84. The molecule has 0 radical (unpaired) electrons. The number of carbonyl (C=O) groups is 3. The van der Waals surface area contributed by atoms with Gasteiger partial charge >= 0.3 is 0 Å². The van der Waals surface area contributed by atoms with Gasteiger partial charge in [0.25, 0.3) is 0 Å². The van der Waals surface area contributed by atoms with E-state index in [4.69, 9.17) is 0 Å². The Hall–Kier alpha value is -1.62. The first-order valence-electron chi connectivity index (χ1n) is 10.4. The van der Waals surface area contributed by atoms with Crippen LogP contribution >= 0.6 is 11.8 Å². The molecule has 0 aromatic heterocycles. The molecule has 0 aliphatic carbocycles. The zero-order chi connectivity index (χ0) is 20.6. The van der Waals surface area contributed by atoms with Crippen LogP contribution in [0.3, 0.4) is 0 Å². The third-order valence-corrected chi connectivity index (χ3v) is 5.48. The van der Waals surface area contributed by atoms with Gasteiger partial charge in [0.2, 0.25) is 5.91 Å². The number of rotatable bonds is 16. The molecule has 1 aromatic rings. The number of nitrogens with one attached hydrogen (secondary N) is 1. The molecule has 0 fully saturated rings. The highest BCUT2D eigenvalue weighted by Crippen LogP contribution is 2.14. The first kappa shape index (κ1) is 24.4. The molecule has 1 aromatic carbocycles. The van der Waals surface area contributed by atoms with Crippen molar-refractivity contribution in [2.45, 2.75) is 70.8 Å². The maximum atomic E-state index is 12.8. The molecule has 1 amide bonds. The van der Waals surface area contributed by atoms with E-state index in [2.05, 4.69) is 12.2 Å². The number of benzene rings is 1. The van der Waals surface area contributed by atoms with E-state index in [0.29, 0.717) is 19.3 Å². The number of Topliss-reactive ketones (excluding diaryl/α,β-unsaturated/α-hetero) is 1. The minimum atomic E-state index is -0.492. The Balaban J connectivity index is 2.54. The summed E-state index contributed by atoms with van der Waals surface area (Å²) in [4.78, 5) is 36.5. The van der Waals surface area contributed by atoms with E-state index >= 15 is 0 Å². The fraction of sp³-hybridized carbons (Fsp3) is 0.609. The first-order valence-corrected chi connectivity index (χ1v) is 11.8. The van der Waals surface area contributed by atoms with Gasteiger partial charge in [-0.2, -0.15) is 11.8 Å². The van der Waals surface area contributed by atoms with E-state index < -0.39 is 6.04 Å². The Labute approximate surface area is 174 Å². The van der Waals surface area contributed by atoms with Gasteiger partial charge in [-0.3, -0.25) is 9.59 Å². The highest BCUT2D eigenvalue weighted by molar-refractivity contribution is 7.98. The minimum Gasteiger partial charge on any atom is -0.346 e. The Kier molecular flexibility index (Phi) is 13.4.